The summed E-state index contributed by atoms with van der Waals surface area (Å²) in [5, 5.41) is 9.88. The molecular weight excluding hydrogens is 172 g/mol. The van der Waals surface area contributed by atoms with Crippen LogP contribution in [-0.2, 0) is 0 Å². The molecular formula is C12H12N2. The third kappa shape index (κ3) is 1.38. The minimum Gasteiger partial charge on any atom is -0.344 e. The number of hydrogen-bond acceptors (Lipinski definition) is 1. The van der Waals surface area contributed by atoms with Gasteiger partial charge in [-0.05, 0) is 24.4 Å². The van der Waals surface area contributed by atoms with E-state index in [0.717, 1.165) is 0 Å². The monoisotopic (exact) mass is 184 g/mol. The first kappa shape index (κ1) is 8.83. The molecule has 2 heteroatoms. The van der Waals surface area contributed by atoms with E-state index in [2.05, 4.69) is 35.8 Å². The third-order valence-corrected chi connectivity index (χ3v) is 2.49. The number of nitrogens with zero attached hydrogens (tertiary/aromatic N) is 2. The normalized spacial score (nSPS) is 12.6. The van der Waals surface area contributed by atoms with Gasteiger partial charge in [-0.25, -0.2) is 0 Å². The lowest BCUT2D eigenvalue weighted by atomic mass is 10.2. The van der Waals surface area contributed by atoms with E-state index in [1.165, 1.54) is 10.9 Å². The summed E-state index contributed by atoms with van der Waals surface area (Å²) in [6.45, 7) is 2.07. The van der Waals surface area contributed by atoms with Gasteiger partial charge in [0, 0.05) is 17.8 Å². The Balaban J connectivity index is 2.48. The molecule has 2 nitrogen and oxygen atoms in total. The van der Waals surface area contributed by atoms with Gasteiger partial charge in [0.2, 0.25) is 0 Å². The Morgan fingerprint density at radius 2 is 2.14 bits per heavy atom. The molecule has 0 fully saturated rings. The summed E-state index contributed by atoms with van der Waals surface area (Å²) in [7, 11) is 0. The molecule has 2 aromatic rings. The molecule has 70 valence electrons. The summed E-state index contributed by atoms with van der Waals surface area (Å²) in [4.78, 5) is 0. The minimum absolute atomic E-state index is 0.250. The van der Waals surface area contributed by atoms with Gasteiger partial charge in [-0.1, -0.05) is 18.2 Å². The number of hydrogen-bond donors (Lipinski definition) is 0. The van der Waals surface area contributed by atoms with Crippen molar-refractivity contribution in [1.29, 1.82) is 5.26 Å². The maximum Gasteiger partial charge on any atom is 0.0643 e. The van der Waals surface area contributed by atoms with Crippen molar-refractivity contribution >= 4 is 10.9 Å². The largest absolute Gasteiger partial charge is 0.344 e. The first-order valence-corrected chi connectivity index (χ1v) is 4.75. The van der Waals surface area contributed by atoms with Crippen molar-refractivity contribution in [1.82, 2.24) is 4.57 Å². The smallest absolute Gasteiger partial charge is 0.0643 e. The molecule has 0 spiro atoms. The van der Waals surface area contributed by atoms with Gasteiger partial charge >= 0.3 is 0 Å². The van der Waals surface area contributed by atoms with Crippen LogP contribution in [0.2, 0.25) is 0 Å². The van der Waals surface area contributed by atoms with Gasteiger partial charge in [0.15, 0.2) is 0 Å². The van der Waals surface area contributed by atoms with E-state index in [0.29, 0.717) is 6.42 Å². The quantitative estimate of drug-likeness (QED) is 0.704. The molecule has 0 saturated carbocycles. The van der Waals surface area contributed by atoms with E-state index in [1.54, 1.807) is 0 Å². The predicted molar refractivity (Wildman–Crippen MR) is 56.9 cm³/mol. The standard InChI is InChI=1S/C12H12N2/c1-10(6-8-13)14-9-7-11-4-2-3-5-12(11)14/h2-5,7,9-10H,6H2,1H3. The molecule has 0 N–H and O–H groups in total. The molecule has 1 heterocycles. The zero-order valence-electron chi connectivity index (χ0n) is 8.14. The van der Waals surface area contributed by atoms with Crippen LogP contribution in [0.25, 0.3) is 10.9 Å². The van der Waals surface area contributed by atoms with Crippen LogP contribution in [-0.4, -0.2) is 4.57 Å². The number of rotatable bonds is 2. The van der Waals surface area contributed by atoms with Crippen molar-refractivity contribution in [3.05, 3.63) is 36.5 Å². The van der Waals surface area contributed by atoms with Crippen molar-refractivity contribution in [2.45, 2.75) is 19.4 Å². The van der Waals surface area contributed by atoms with Crippen LogP contribution in [0, 0.1) is 11.3 Å². The van der Waals surface area contributed by atoms with E-state index >= 15 is 0 Å². The number of aromatic nitrogens is 1. The Morgan fingerprint density at radius 1 is 1.36 bits per heavy atom. The van der Waals surface area contributed by atoms with Crippen molar-refractivity contribution in [3.8, 4) is 6.07 Å². The van der Waals surface area contributed by atoms with Gasteiger partial charge in [-0.3, -0.25) is 0 Å². The van der Waals surface area contributed by atoms with Crippen LogP contribution in [0.5, 0.6) is 0 Å². The number of para-hydroxylation sites is 1. The van der Waals surface area contributed by atoms with Crippen molar-refractivity contribution < 1.29 is 0 Å². The van der Waals surface area contributed by atoms with E-state index in [-0.39, 0.29) is 6.04 Å². The van der Waals surface area contributed by atoms with E-state index in [4.69, 9.17) is 5.26 Å². The summed E-state index contributed by atoms with van der Waals surface area (Å²) in [5.41, 5.74) is 1.20. The predicted octanol–water partition coefficient (Wildman–Crippen LogP) is 3.12. The molecule has 0 saturated heterocycles. The van der Waals surface area contributed by atoms with Crippen molar-refractivity contribution in [3.63, 3.8) is 0 Å². The van der Waals surface area contributed by atoms with Crippen LogP contribution in [0.15, 0.2) is 36.5 Å². The van der Waals surface area contributed by atoms with E-state index in [1.807, 2.05) is 18.3 Å². The zero-order valence-corrected chi connectivity index (χ0v) is 8.14. The second-order valence-corrected chi connectivity index (χ2v) is 3.49. The Labute approximate surface area is 83.4 Å². The maximum absolute atomic E-state index is 8.64. The number of nitriles is 1. The fourth-order valence-electron chi connectivity index (χ4n) is 1.72. The average Bonchev–Trinajstić information content (AvgIpc) is 2.61. The summed E-state index contributed by atoms with van der Waals surface area (Å²) < 4.78 is 2.15. The SMILES string of the molecule is CC(CC#N)n1ccc2ccccc21. The lowest BCUT2D eigenvalue weighted by Crippen LogP contribution is -2.01. The van der Waals surface area contributed by atoms with Crippen LogP contribution >= 0.6 is 0 Å². The molecule has 1 unspecified atom stereocenters. The number of fused-ring (bicyclic) bond motifs is 1. The van der Waals surface area contributed by atoms with E-state index < -0.39 is 0 Å². The highest BCUT2D eigenvalue weighted by atomic mass is 15.0. The summed E-state index contributed by atoms with van der Waals surface area (Å²) >= 11 is 0. The fourth-order valence-corrected chi connectivity index (χ4v) is 1.72. The Kier molecular flexibility index (Phi) is 2.24. The molecule has 14 heavy (non-hydrogen) atoms. The molecule has 0 aliphatic heterocycles. The van der Waals surface area contributed by atoms with Crippen LogP contribution in [0.3, 0.4) is 0 Å². The van der Waals surface area contributed by atoms with Crippen LogP contribution in [0.4, 0.5) is 0 Å². The Bertz CT molecular complexity index is 476. The summed E-state index contributed by atoms with van der Waals surface area (Å²) in [6, 6.07) is 12.8. The van der Waals surface area contributed by atoms with Gasteiger partial charge in [-0.2, -0.15) is 5.26 Å². The minimum atomic E-state index is 0.250. The van der Waals surface area contributed by atoms with Gasteiger partial charge in [0.1, 0.15) is 0 Å². The van der Waals surface area contributed by atoms with Crippen LogP contribution < -0.4 is 0 Å². The highest BCUT2D eigenvalue weighted by molar-refractivity contribution is 5.80. The molecule has 0 aliphatic rings. The second kappa shape index (κ2) is 3.55. The molecule has 0 amide bonds. The lowest BCUT2D eigenvalue weighted by molar-refractivity contribution is 0.579. The first-order valence-electron chi connectivity index (χ1n) is 4.75. The highest BCUT2D eigenvalue weighted by Gasteiger charge is 2.06. The van der Waals surface area contributed by atoms with Gasteiger partial charge in [0.25, 0.3) is 0 Å². The third-order valence-electron chi connectivity index (χ3n) is 2.49. The molecule has 0 bridgehead atoms. The molecule has 1 aromatic heterocycles. The molecule has 1 aromatic carbocycles. The lowest BCUT2D eigenvalue weighted by Gasteiger charge is -2.10. The number of benzene rings is 1. The topological polar surface area (TPSA) is 28.7 Å². The maximum atomic E-state index is 8.64. The molecule has 2 rings (SSSR count). The van der Waals surface area contributed by atoms with Gasteiger partial charge in [-0.15, -0.1) is 0 Å². The first-order chi connectivity index (χ1) is 6.83. The Morgan fingerprint density at radius 3 is 2.93 bits per heavy atom. The molecule has 0 aliphatic carbocycles. The Hall–Kier alpha value is -1.75. The molecule has 0 radical (unpaired) electrons. The summed E-state index contributed by atoms with van der Waals surface area (Å²) in [5.74, 6) is 0. The zero-order chi connectivity index (χ0) is 9.97. The second-order valence-electron chi connectivity index (χ2n) is 3.49. The van der Waals surface area contributed by atoms with Crippen molar-refractivity contribution in [2.75, 3.05) is 0 Å². The summed E-state index contributed by atoms with van der Waals surface area (Å²) in [6.07, 6.45) is 2.60. The average molecular weight is 184 g/mol. The molecule has 1 atom stereocenters. The fraction of sp³-hybridized carbons (Fsp3) is 0.250. The van der Waals surface area contributed by atoms with E-state index in [9.17, 15) is 0 Å². The van der Waals surface area contributed by atoms with Crippen LogP contribution in [0.1, 0.15) is 19.4 Å². The van der Waals surface area contributed by atoms with Gasteiger partial charge in [0.05, 0.1) is 12.5 Å². The van der Waals surface area contributed by atoms with Gasteiger partial charge < -0.3 is 4.57 Å². The highest BCUT2D eigenvalue weighted by Crippen LogP contribution is 2.21. The van der Waals surface area contributed by atoms with Crippen molar-refractivity contribution in [2.24, 2.45) is 0 Å².